The van der Waals surface area contributed by atoms with E-state index in [1.165, 1.54) is 19.1 Å². The summed E-state index contributed by atoms with van der Waals surface area (Å²) in [4.78, 5) is 24.4. The molecule has 0 aliphatic carbocycles. The third-order valence-electron chi connectivity index (χ3n) is 3.77. The molecular weight excluding hydrogens is 416 g/mol. The van der Waals surface area contributed by atoms with Gasteiger partial charge in [0.25, 0.3) is 0 Å². The molecule has 2 N–H and O–H groups in total. The van der Waals surface area contributed by atoms with Crippen LogP contribution in [0.15, 0.2) is 24.3 Å². The lowest BCUT2D eigenvalue weighted by Crippen LogP contribution is -2.62. The number of amides is 1. The molecule has 1 aromatic rings. The standard InChI is InChI=1S/C15H15Cl2F3N2O3S/c1-13(7-16,8-17)12(24)14(21)22(11(23)6-26-14)9-3-2-4-10(5-9)25-15(18,19)20/h2-5H,6-8,21H2,1H3. The van der Waals surface area contributed by atoms with Crippen LogP contribution in [0.3, 0.4) is 0 Å². The van der Waals surface area contributed by atoms with Gasteiger partial charge in [0.15, 0.2) is 5.78 Å². The van der Waals surface area contributed by atoms with E-state index in [0.29, 0.717) is 0 Å². The number of alkyl halides is 5. The second-order valence-corrected chi connectivity index (χ2v) is 7.65. The van der Waals surface area contributed by atoms with E-state index in [2.05, 4.69) is 4.74 Å². The van der Waals surface area contributed by atoms with Gasteiger partial charge in [-0.25, -0.2) is 0 Å². The van der Waals surface area contributed by atoms with E-state index in [4.69, 9.17) is 28.9 Å². The Bertz CT molecular complexity index is 716. The SMILES string of the molecule is CC(CCl)(CCl)C(=O)C1(N)SCC(=O)N1c1cccc(OC(F)(F)F)c1. The molecule has 1 fully saturated rings. The Morgan fingerprint density at radius 1 is 1.38 bits per heavy atom. The summed E-state index contributed by atoms with van der Waals surface area (Å²) in [6.07, 6.45) is -4.90. The van der Waals surface area contributed by atoms with E-state index in [0.717, 1.165) is 28.8 Å². The van der Waals surface area contributed by atoms with Crippen molar-refractivity contribution in [1.29, 1.82) is 0 Å². The van der Waals surface area contributed by atoms with Gasteiger partial charge in [-0.2, -0.15) is 0 Å². The van der Waals surface area contributed by atoms with Gasteiger partial charge in [-0.15, -0.1) is 36.4 Å². The normalized spacial score (nSPS) is 21.2. The number of nitrogens with zero attached hydrogens (tertiary/aromatic N) is 1. The Balaban J connectivity index is 2.45. The molecule has 1 saturated heterocycles. The lowest BCUT2D eigenvalue weighted by atomic mass is 9.87. The van der Waals surface area contributed by atoms with E-state index in [9.17, 15) is 22.8 Å². The number of ketones is 1. The first-order chi connectivity index (χ1) is 12.0. The fourth-order valence-electron chi connectivity index (χ4n) is 2.40. The molecule has 1 aromatic carbocycles. The first kappa shape index (κ1) is 21.1. The fraction of sp³-hybridized carbons (Fsp3) is 0.467. The minimum atomic E-state index is -4.90. The molecule has 5 nitrogen and oxygen atoms in total. The number of nitrogens with two attached hydrogens (primary N) is 1. The molecule has 1 amide bonds. The number of carbonyl (C=O) groups excluding carboxylic acids is 2. The highest BCUT2D eigenvalue weighted by molar-refractivity contribution is 8.02. The molecular formula is C15H15Cl2F3N2O3S. The zero-order valence-corrected chi connectivity index (χ0v) is 15.8. The van der Waals surface area contributed by atoms with Crippen molar-refractivity contribution in [1.82, 2.24) is 0 Å². The maximum absolute atomic E-state index is 13.0. The van der Waals surface area contributed by atoms with Gasteiger partial charge in [0.2, 0.25) is 10.9 Å². The molecule has 144 valence electrons. The van der Waals surface area contributed by atoms with Gasteiger partial charge < -0.3 is 4.74 Å². The summed E-state index contributed by atoms with van der Waals surface area (Å²) in [5.41, 5.74) is 5.01. The smallest absolute Gasteiger partial charge is 0.406 e. The van der Waals surface area contributed by atoms with Gasteiger partial charge in [-0.3, -0.25) is 20.2 Å². The van der Waals surface area contributed by atoms with E-state index >= 15 is 0 Å². The minimum Gasteiger partial charge on any atom is -0.406 e. The molecule has 26 heavy (non-hydrogen) atoms. The van der Waals surface area contributed by atoms with Crippen molar-refractivity contribution < 1.29 is 27.5 Å². The van der Waals surface area contributed by atoms with Crippen LogP contribution >= 0.6 is 35.0 Å². The van der Waals surface area contributed by atoms with E-state index in [-0.39, 0.29) is 23.2 Å². The van der Waals surface area contributed by atoms with E-state index in [1.54, 1.807) is 0 Å². The number of Topliss-reactive ketones (excluding diaryl/α,β-unsaturated/α-hetero) is 1. The maximum atomic E-state index is 13.0. The Hall–Kier alpha value is -1.16. The molecule has 1 atom stereocenters. The van der Waals surface area contributed by atoms with Crippen molar-refractivity contribution in [3.05, 3.63) is 24.3 Å². The van der Waals surface area contributed by atoms with Gasteiger partial charge in [-0.1, -0.05) is 24.8 Å². The van der Waals surface area contributed by atoms with Crippen molar-refractivity contribution >= 4 is 52.3 Å². The van der Waals surface area contributed by atoms with Crippen LogP contribution in [-0.2, 0) is 9.59 Å². The highest BCUT2D eigenvalue weighted by atomic mass is 35.5. The number of hydrogen-bond acceptors (Lipinski definition) is 5. The average molecular weight is 431 g/mol. The van der Waals surface area contributed by atoms with Crippen molar-refractivity contribution in [2.45, 2.75) is 18.3 Å². The van der Waals surface area contributed by atoms with E-state index in [1.807, 2.05) is 0 Å². The van der Waals surface area contributed by atoms with Crippen LogP contribution in [0.1, 0.15) is 6.92 Å². The van der Waals surface area contributed by atoms with Crippen LogP contribution in [0.4, 0.5) is 18.9 Å². The zero-order chi connectivity index (χ0) is 19.8. The van der Waals surface area contributed by atoms with Crippen LogP contribution in [0.25, 0.3) is 0 Å². The third-order valence-corrected chi connectivity index (χ3v) is 6.15. The second-order valence-electron chi connectivity index (χ2n) is 5.92. The topological polar surface area (TPSA) is 72.6 Å². The molecule has 1 aliphatic rings. The molecule has 0 aromatic heterocycles. The number of carbonyl (C=O) groups is 2. The fourth-order valence-corrected chi connectivity index (χ4v) is 4.11. The quantitative estimate of drug-likeness (QED) is 0.700. The Morgan fingerprint density at radius 3 is 2.54 bits per heavy atom. The third kappa shape index (κ3) is 4.05. The number of anilines is 1. The van der Waals surface area contributed by atoms with E-state index < -0.39 is 34.2 Å². The Morgan fingerprint density at radius 2 is 2.00 bits per heavy atom. The van der Waals surface area contributed by atoms with Crippen molar-refractivity contribution in [2.24, 2.45) is 11.1 Å². The van der Waals surface area contributed by atoms with Crippen molar-refractivity contribution in [3.63, 3.8) is 0 Å². The maximum Gasteiger partial charge on any atom is 0.573 e. The molecule has 11 heteroatoms. The molecule has 0 saturated carbocycles. The average Bonchev–Trinajstić information content (AvgIpc) is 2.88. The highest BCUT2D eigenvalue weighted by Gasteiger charge is 2.55. The van der Waals surface area contributed by atoms with Gasteiger partial charge >= 0.3 is 6.36 Å². The predicted octanol–water partition coefficient (Wildman–Crippen LogP) is 3.33. The molecule has 2 rings (SSSR count). The lowest BCUT2D eigenvalue weighted by Gasteiger charge is -2.38. The van der Waals surface area contributed by atoms with Crippen LogP contribution in [-0.4, -0.2) is 40.6 Å². The van der Waals surface area contributed by atoms with Crippen molar-refractivity contribution in [2.75, 3.05) is 22.4 Å². The summed E-state index contributed by atoms with van der Waals surface area (Å²) in [6, 6.07) is 4.69. The first-order valence-corrected chi connectivity index (χ1v) is 9.31. The van der Waals surface area contributed by atoms with Crippen LogP contribution in [0.2, 0.25) is 0 Å². The number of ether oxygens (including phenoxy) is 1. The van der Waals surface area contributed by atoms with Gasteiger partial charge in [0.1, 0.15) is 5.75 Å². The number of thioether (sulfide) groups is 1. The van der Waals surface area contributed by atoms with Gasteiger partial charge in [0, 0.05) is 17.8 Å². The lowest BCUT2D eigenvalue weighted by molar-refractivity contribution is -0.274. The second kappa shape index (κ2) is 7.46. The molecule has 1 heterocycles. The summed E-state index contributed by atoms with van der Waals surface area (Å²) in [6.45, 7) is 1.51. The van der Waals surface area contributed by atoms with Gasteiger partial charge in [0.05, 0.1) is 16.9 Å². The monoisotopic (exact) mass is 430 g/mol. The summed E-state index contributed by atoms with van der Waals surface area (Å²) >= 11 is 12.6. The first-order valence-electron chi connectivity index (χ1n) is 7.25. The summed E-state index contributed by atoms with van der Waals surface area (Å²) in [5, 5.41) is 0. The molecule has 1 unspecified atom stereocenters. The number of halogens is 5. The predicted molar refractivity (Wildman–Crippen MR) is 94.5 cm³/mol. The van der Waals surface area contributed by atoms with Crippen LogP contribution in [0.5, 0.6) is 5.75 Å². The van der Waals surface area contributed by atoms with Crippen molar-refractivity contribution in [3.8, 4) is 5.75 Å². The van der Waals surface area contributed by atoms with Gasteiger partial charge in [-0.05, 0) is 12.1 Å². The Labute approximate surface area is 161 Å². The summed E-state index contributed by atoms with van der Waals surface area (Å²) in [7, 11) is 0. The Kier molecular flexibility index (Phi) is 6.06. The minimum absolute atomic E-state index is 0.00379. The van der Waals surface area contributed by atoms with Crippen LogP contribution < -0.4 is 15.4 Å². The molecule has 1 aliphatic heterocycles. The molecule has 0 radical (unpaired) electrons. The number of benzene rings is 1. The highest BCUT2D eigenvalue weighted by Crippen LogP contribution is 2.42. The molecule has 0 spiro atoms. The number of rotatable bonds is 6. The largest absolute Gasteiger partial charge is 0.573 e. The zero-order valence-electron chi connectivity index (χ0n) is 13.5. The summed E-state index contributed by atoms with van der Waals surface area (Å²) < 4.78 is 41.2. The van der Waals surface area contributed by atoms with Crippen LogP contribution in [0, 0.1) is 5.41 Å². The number of hydrogen-bond donors (Lipinski definition) is 1. The molecule has 0 bridgehead atoms. The summed E-state index contributed by atoms with van der Waals surface area (Å²) in [5.74, 6) is -2.03.